The molecule has 1 spiro atoms. The first-order chi connectivity index (χ1) is 15.9. The first-order valence-corrected chi connectivity index (χ1v) is 11.6. The average Bonchev–Trinajstić information content (AvgIpc) is 3.38. The van der Waals surface area contributed by atoms with Gasteiger partial charge in [-0.3, -0.25) is 9.69 Å². The fourth-order valence-electron chi connectivity index (χ4n) is 4.48. The quantitative estimate of drug-likeness (QED) is 0.558. The maximum absolute atomic E-state index is 13.6. The summed E-state index contributed by atoms with van der Waals surface area (Å²) in [5.41, 5.74) is 0.194. The van der Waals surface area contributed by atoms with Crippen molar-refractivity contribution in [1.82, 2.24) is 4.98 Å². The minimum Gasteiger partial charge on any atom is -0.384 e. The van der Waals surface area contributed by atoms with Crippen molar-refractivity contribution in [3.05, 3.63) is 54.6 Å². The molecule has 12 heteroatoms. The van der Waals surface area contributed by atoms with E-state index in [1.807, 2.05) is 6.92 Å². The van der Waals surface area contributed by atoms with Crippen LogP contribution in [-0.2, 0) is 14.6 Å². The molecule has 0 bridgehead atoms. The summed E-state index contributed by atoms with van der Waals surface area (Å²) in [5.74, 6) is -0.583. The summed E-state index contributed by atoms with van der Waals surface area (Å²) >= 11 is 0. The number of imide groups is 1. The number of nitrogen functional groups attached to an aromatic ring is 1. The van der Waals surface area contributed by atoms with Crippen LogP contribution in [0.3, 0.4) is 0 Å². The fourth-order valence-corrected chi connectivity index (χ4v) is 5.24. The van der Waals surface area contributed by atoms with E-state index in [2.05, 4.69) is 4.98 Å². The van der Waals surface area contributed by atoms with E-state index in [1.54, 1.807) is 24.3 Å². The molecule has 2 aliphatic rings. The highest BCUT2D eigenvalue weighted by Crippen LogP contribution is 2.56. The predicted octanol–water partition coefficient (Wildman–Crippen LogP) is 3.86. The Kier molecular flexibility index (Phi) is 4.50. The van der Waals surface area contributed by atoms with E-state index in [-0.39, 0.29) is 17.4 Å². The van der Waals surface area contributed by atoms with Crippen molar-refractivity contribution < 1.29 is 31.2 Å². The second-order valence-electron chi connectivity index (χ2n) is 8.31. The standard InChI is InChI=1S/C22H17F3N4O4S/c1-12-11-21(12)19(30)28(13-6-8-14(9-7-13)34(32,33)22(23,24)25)20(31)29(21)17-10-18(26)27-16-5-3-2-4-15(16)17/h2-10,12H,11H2,1H3,(H2,26,27). The molecule has 5 rings (SSSR count). The van der Waals surface area contributed by atoms with Crippen LogP contribution in [0.15, 0.2) is 59.5 Å². The zero-order valence-corrected chi connectivity index (χ0v) is 18.4. The highest BCUT2D eigenvalue weighted by atomic mass is 32.2. The third kappa shape index (κ3) is 2.91. The molecule has 3 amide bonds. The third-order valence-corrected chi connectivity index (χ3v) is 7.79. The van der Waals surface area contributed by atoms with Gasteiger partial charge in [-0.25, -0.2) is 23.1 Å². The summed E-state index contributed by atoms with van der Waals surface area (Å²) < 4.78 is 61.9. The second kappa shape index (κ2) is 6.92. The molecule has 176 valence electrons. The number of carbonyl (C=O) groups excluding carboxylic acids is 2. The van der Waals surface area contributed by atoms with Crippen LogP contribution in [0.2, 0.25) is 0 Å². The number of nitrogens with two attached hydrogens (primary N) is 1. The Morgan fingerprint density at radius 2 is 1.71 bits per heavy atom. The molecule has 1 saturated carbocycles. The van der Waals surface area contributed by atoms with Gasteiger partial charge in [-0.2, -0.15) is 13.2 Å². The van der Waals surface area contributed by atoms with Gasteiger partial charge >= 0.3 is 11.5 Å². The second-order valence-corrected chi connectivity index (χ2v) is 10.3. The fraction of sp³-hybridized carbons (Fsp3) is 0.227. The summed E-state index contributed by atoms with van der Waals surface area (Å²) in [6, 6.07) is 11.2. The van der Waals surface area contributed by atoms with Crippen molar-refractivity contribution in [3.63, 3.8) is 0 Å². The number of halogens is 3. The smallest absolute Gasteiger partial charge is 0.384 e. The van der Waals surface area contributed by atoms with Crippen LogP contribution >= 0.6 is 0 Å². The number of hydrogen-bond acceptors (Lipinski definition) is 6. The molecule has 3 aromatic rings. The number of carbonyl (C=O) groups is 2. The van der Waals surface area contributed by atoms with Gasteiger partial charge in [-0.15, -0.1) is 0 Å². The van der Waals surface area contributed by atoms with E-state index in [9.17, 15) is 31.2 Å². The average molecular weight is 490 g/mol. The van der Waals surface area contributed by atoms with Crippen molar-refractivity contribution in [2.24, 2.45) is 5.92 Å². The van der Waals surface area contributed by atoms with Gasteiger partial charge in [0, 0.05) is 11.5 Å². The van der Waals surface area contributed by atoms with Crippen LogP contribution in [0.4, 0.5) is 35.2 Å². The number of urea groups is 1. The highest BCUT2D eigenvalue weighted by Gasteiger charge is 2.70. The Bertz CT molecular complexity index is 1470. The minimum atomic E-state index is -5.57. The van der Waals surface area contributed by atoms with Crippen molar-refractivity contribution in [3.8, 4) is 0 Å². The zero-order chi connectivity index (χ0) is 24.6. The van der Waals surface area contributed by atoms with Crippen LogP contribution < -0.4 is 15.5 Å². The Hall–Kier alpha value is -3.67. The molecule has 1 aromatic heterocycles. The molecule has 0 radical (unpaired) electrons. The van der Waals surface area contributed by atoms with Gasteiger partial charge in [0.2, 0.25) is 0 Å². The van der Waals surface area contributed by atoms with E-state index in [1.165, 1.54) is 11.0 Å². The number of fused-ring (bicyclic) bond motifs is 1. The minimum absolute atomic E-state index is 0.0385. The molecule has 2 N–H and O–H groups in total. The predicted molar refractivity (Wildman–Crippen MR) is 118 cm³/mol. The lowest BCUT2D eigenvalue weighted by atomic mass is 10.1. The van der Waals surface area contributed by atoms with Gasteiger partial charge < -0.3 is 5.73 Å². The molecule has 34 heavy (non-hydrogen) atoms. The number of nitrogens with zero attached hydrogens (tertiary/aromatic N) is 3. The van der Waals surface area contributed by atoms with Crippen LogP contribution in [0, 0.1) is 5.92 Å². The van der Waals surface area contributed by atoms with Crippen LogP contribution in [-0.4, -0.2) is 36.4 Å². The van der Waals surface area contributed by atoms with Gasteiger partial charge in [-0.1, -0.05) is 25.1 Å². The molecule has 8 nitrogen and oxygen atoms in total. The summed E-state index contributed by atoms with van der Waals surface area (Å²) in [6.07, 6.45) is 0.380. The van der Waals surface area contributed by atoms with Crippen LogP contribution in [0.1, 0.15) is 13.3 Å². The first kappa shape index (κ1) is 22.1. The topological polar surface area (TPSA) is 114 Å². The van der Waals surface area contributed by atoms with E-state index in [4.69, 9.17) is 5.73 Å². The number of para-hydroxylation sites is 1. The zero-order valence-electron chi connectivity index (χ0n) is 17.6. The molecule has 2 fully saturated rings. The monoisotopic (exact) mass is 490 g/mol. The van der Waals surface area contributed by atoms with Gasteiger partial charge in [0.05, 0.1) is 21.8 Å². The molecule has 1 aliphatic heterocycles. The lowest BCUT2D eigenvalue weighted by Gasteiger charge is -2.24. The van der Waals surface area contributed by atoms with Crippen molar-refractivity contribution in [2.75, 3.05) is 15.5 Å². The van der Waals surface area contributed by atoms with E-state index >= 15 is 0 Å². The first-order valence-electron chi connectivity index (χ1n) is 10.1. The van der Waals surface area contributed by atoms with Gasteiger partial charge in [-0.05, 0) is 42.7 Å². The maximum atomic E-state index is 13.6. The summed E-state index contributed by atoms with van der Waals surface area (Å²) in [4.78, 5) is 32.6. The third-order valence-electron chi connectivity index (χ3n) is 6.29. The number of alkyl halides is 3. The molecule has 1 saturated heterocycles. The summed E-state index contributed by atoms with van der Waals surface area (Å²) in [7, 11) is -5.57. The Morgan fingerprint density at radius 1 is 1.09 bits per heavy atom. The van der Waals surface area contributed by atoms with E-state index in [0.717, 1.165) is 29.2 Å². The lowest BCUT2D eigenvalue weighted by molar-refractivity contribution is -0.119. The molecule has 2 aromatic carbocycles. The van der Waals surface area contributed by atoms with E-state index < -0.39 is 37.7 Å². The SMILES string of the molecule is CC1CC12C(=O)N(c1ccc(S(=O)(=O)C(F)(F)F)cc1)C(=O)N2c1cc(N)nc2ccccc12. The number of anilines is 3. The number of hydrogen-bond donors (Lipinski definition) is 1. The normalized spacial score (nSPS) is 22.8. The number of sulfone groups is 1. The van der Waals surface area contributed by atoms with Gasteiger partial charge in [0.15, 0.2) is 0 Å². The van der Waals surface area contributed by atoms with Crippen molar-refractivity contribution in [2.45, 2.75) is 29.3 Å². The summed E-state index contributed by atoms with van der Waals surface area (Å²) in [5, 5.41) is 0.602. The Labute approximate surface area is 191 Å². The van der Waals surface area contributed by atoms with Crippen molar-refractivity contribution in [1.29, 1.82) is 0 Å². The molecule has 2 heterocycles. The number of benzene rings is 2. The molecular weight excluding hydrogens is 473 g/mol. The number of amides is 3. The van der Waals surface area contributed by atoms with Crippen LogP contribution in [0.25, 0.3) is 10.9 Å². The van der Waals surface area contributed by atoms with Gasteiger partial charge in [0.25, 0.3) is 15.7 Å². The number of pyridine rings is 1. The van der Waals surface area contributed by atoms with E-state index in [0.29, 0.717) is 23.0 Å². The largest absolute Gasteiger partial charge is 0.501 e. The summed E-state index contributed by atoms with van der Waals surface area (Å²) in [6.45, 7) is 1.81. The Balaban J connectivity index is 1.61. The Morgan fingerprint density at radius 3 is 2.29 bits per heavy atom. The molecular formula is C22H17F3N4O4S. The maximum Gasteiger partial charge on any atom is 0.501 e. The highest BCUT2D eigenvalue weighted by molar-refractivity contribution is 7.92. The molecule has 2 atom stereocenters. The van der Waals surface area contributed by atoms with Crippen LogP contribution in [0.5, 0.6) is 0 Å². The lowest BCUT2D eigenvalue weighted by Crippen LogP contribution is -2.39. The molecule has 2 unspecified atom stereocenters. The van der Waals surface area contributed by atoms with Crippen molar-refractivity contribution >= 4 is 49.9 Å². The van der Waals surface area contributed by atoms with Gasteiger partial charge in [0.1, 0.15) is 11.4 Å². The molecule has 1 aliphatic carbocycles. The number of rotatable bonds is 3. The number of aromatic nitrogens is 1.